The molecule has 1 aliphatic rings. The van der Waals surface area contributed by atoms with Gasteiger partial charge in [-0.15, -0.1) is 0 Å². The van der Waals surface area contributed by atoms with E-state index in [-0.39, 0.29) is 0 Å². The van der Waals surface area contributed by atoms with Gasteiger partial charge in [-0.1, -0.05) is 43.0 Å². The lowest BCUT2D eigenvalue weighted by Gasteiger charge is -1.94. The monoisotopic (exact) mass is 190 g/mol. The molecule has 0 aromatic heterocycles. The second-order valence-electron chi connectivity index (χ2n) is 3.44. The lowest BCUT2D eigenvalue weighted by molar-refractivity contribution is 0.125. The summed E-state index contributed by atoms with van der Waals surface area (Å²) < 4.78 is 5.15. The third-order valence-corrected chi connectivity index (χ3v) is 2.19. The fourth-order valence-electron chi connectivity index (χ4n) is 1.33. The summed E-state index contributed by atoms with van der Waals surface area (Å²) in [7, 11) is 0. The van der Waals surface area contributed by atoms with E-state index in [0.717, 1.165) is 6.61 Å². The summed E-state index contributed by atoms with van der Waals surface area (Å²) in [5.41, 5.74) is 1.17. The van der Waals surface area contributed by atoms with Gasteiger partial charge in [0, 0.05) is 6.61 Å². The van der Waals surface area contributed by atoms with Crippen molar-refractivity contribution in [3.05, 3.63) is 42.5 Å². The topological polar surface area (TPSA) is 9.23 Å². The van der Waals surface area contributed by atoms with E-state index in [9.17, 15) is 0 Å². The van der Waals surface area contributed by atoms with Crippen LogP contribution in [0.5, 0.6) is 0 Å². The minimum Gasteiger partial charge on any atom is -0.379 e. The van der Waals surface area contributed by atoms with E-state index in [1.807, 2.05) is 36.4 Å². The van der Waals surface area contributed by atoms with E-state index < -0.39 is 0 Å². The van der Waals surface area contributed by atoms with Crippen molar-refractivity contribution >= 4 is 6.08 Å². The Morgan fingerprint density at radius 1 is 1.36 bits per heavy atom. The molecule has 0 saturated carbocycles. The van der Waals surface area contributed by atoms with Crippen molar-refractivity contribution in [3.63, 3.8) is 0 Å². The van der Waals surface area contributed by atoms with Gasteiger partial charge in [-0.25, -0.2) is 0 Å². The molecule has 0 N–H and O–H groups in total. The van der Waals surface area contributed by atoms with Crippen LogP contribution in [0.1, 0.15) is 25.3 Å². The standard InChI is InChI=1S/C8H8.C5H10O/c1-2-8-6-4-3-5-7-8;1-5-3-2-4-6-5/h2-7H,1H2;5H,2-4H2,1H3. The molecule has 1 unspecified atom stereocenters. The Hall–Kier alpha value is -1.08. The summed E-state index contributed by atoms with van der Waals surface area (Å²) in [6.07, 6.45) is 4.91. The Kier molecular flexibility index (Phi) is 5.02. The lowest BCUT2D eigenvalue weighted by atomic mass is 10.2. The molecule has 0 aliphatic carbocycles. The molecule has 76 valence electrons. The Morgan fingerprint density at radius 2 is 2.07 bits per heavy atom. The Balaban J connectivity index is 0.000000146. The maximum Gasteiger partial charge on any atom is 0.0547 e. The van der Waals surface area contributed by atoms with Gasteiger partial charge in [0.1, 0.15) is 0 Å². The SMILES string of the molecule is C=Cc1ccccc1.CC1CCCO1. The van der Waals surface area contributed by atoms with Gasteiger partial charge in [-0.2, -0.15) is 0 Å². The molecular weight excluding hydrogens is 172 g/mol. The highest BCUT2D eigenvalue weighted by atomic mass is 16.5. The van der Waals surface area contributed by atoms with E-state index in [1.165, 1.54) is 18.4 Å². The molecule has 1 atom stereocenters. The average Bonchev–Trinajstić information content (AvgIpc) is 2.71. The first-order chi connectivity index (χ1) is 6.83. The molecule has 1 aromatic carbocycles. The van der Waals surface area contributed by atoms with Gasteiger partial charge in [0.25, 0.3) is 0 Å². The zero-order chi connectivity index (χ0) is 10.2. The number of hydrogen-bond donors (Lipinski definition) is 0. The highest BCUT2D eigenvalue weighted by Crippen LogP contribution is 2.09. The highest BCUT2D eigenvalue weighted by Gasteiger charge is 2.07. The van der Waals surface area contributed by atoms with Gasteiger partial charge < -0.3 is 4.74 Å². The largest absolute Gasteiger partial charge is 0.379 e. The summed E-state index contributed by atoms with van der Waals surface area (Å²) in [5.74, 6) is 0. The van der Waals surface area contributed by atoms with Crippen molar-refractivity contribution in [2.24, 2.45) is 0 Å². The Labute approximate surface area is 86.4 Å². The van der Waals surface area contributed by atoms with E-state index in [2.05, 4.69) is 13.5 Å². The van der Waals surface area contributed by atoms with Crippen LogP contribution in [-0.4, -0.2) is 12.7 Å². The molecule has 1 saturated heterocycles. The Morgan fingerprint density at radius 3 is 2.36 bits per heavy atom. The second kappa shape index (κ2) is 6.39. The maximum absolute atomic E-state index is 5.15. The molecular formula is C13H18O. The fourth-order valence-corrected chi connectivity index (χ4v) is 1.33. The van der Waals surface area contributed by atoms with Crippen molar-refractivity contribution in [3.8, 4) is 0 Å². The van der Waals surface area contributed by atoms with Crippen LogP contribution in [-0.2, 0) is 4.74 Å². The van der Waals surface area contributed by atoms with Crippen molar-refractivity contribution in [1.82, 2.24) is 0 Å². The fraction of sp³-hybridized carbons (Fsp3) is 0.385. The zero-order valence-electron chi connectivity index (χ0n) is 8.78. The summed E-state index contributed by atoms with van der Waals surface area (Å²) in [4.78, 5) is 0. The molecule has 0 spiro atoms. The molecule has 1 heterocycles. The van der Waals surface area contributed by atoms with Gasteiger partial charge in [-0.3, -0.25) is 0 Å². The van der Waals surface area contributed by atoms with E-state index in [1.54, 1.807) is 0 Å². The van der Waals surface area contributed by atoms with Crippen LogP contribution in [0.2, 0.25) is 0 Å². The van der Waals surface area contributed by atoms with Crippen molar-refractivity contribution in [2.45, 2.75) is 25.9 Å². The van der Waals surface area contributed by atoms with Crippen LogP contribution in [0.3, 0.4) is 0 Å². The molecule has 0 radical (unpaired) electrons. The molecule has 0 amide bonds. The molecule has 0 bridgehead atoms. The van der Waals surface area contributed by atoms with E-state index in [4.69, 9.17) is 4.74 Å². The zero-order valence-corrected chi connectivity index (χ0v) is 8.78. The van der Waals surface area contributed by atoms with Crippen LogP contribution >= 0.6 is 0 Å². The first kappa shape index (κ1) is 11.0. The van der Waals surface area contributed by atoms with Crippen LogP contribution in [0.15, 0.2) is 36.9 Å². The number of ether oxygens (including phenoxy) is 1. The predicted octanol–water partition coefficient (Wildman–Crippen LogP) is 3.51. The number of rotatable bonds is 1. The molecule has 1 nitrogen and oxygen atoms in total. The molecule has 1 aliphatic heterocycles. The third-order valence-electron chi connectivity index (χ3n) is 2.19. The van der Waals surface area contributed by atoms with E-state index in [0.29, 0.717) is 6.10 Å². The van der Waals surface area contributed by atoms with Gasteiger partial charge in [0.15, 0.2) is 0 Å². The lowest BCUT2D eigenvalue weighted by Crippen LogP contribution is -1.94. The highest BCUT2D eigenvalue weighted by molar-refractivity contribution is 5.45. The number of benzene rings is 1. The quantitative estimate of drug-likeness (QED) is 0.658. The van der Waals surface area contributed by atoms with E-state index >= 15 is 0 Å². The second-order valence-corrected chi connectivity index (χ2v) is 3.44. The summed E-state index contributed by atoms with van der Waals surface area (Å²) in [6, 6.07) is 10.0. The van der Waals surface area contributed by atoms with Crippen molar-refractivity contribution in [1.29, 1.82) is 0 Å². The number of hydrogen-bond acceptors (Lipinski definition) is 1. The third kappa shape index (κ3) is 4.24. The minimum atomic E-state index is 0.546. The molecule has 1 aromatic rings. The minimum absolute atomic E-state index is 0.546. The smallest absolute Gasteiger partial charge is 0.0547 e. The summed E-state index contributed by atoms with van der Waals surface area (Å²) >= 11 is 0. The van der Waals surface area contributed by atoms with Crippen LogP contribution in [0.4, 0.5) is 0 Å². The summed E-state index contributed by atoms with van der Waals surface area (Å²) in [5, 5.41) is 0. The van der Waals surface area contributed by atoms with Gasteiger partial charge in [0.05, 0.1) is 6.10 Å². The molecule has 2 rings (SSSR count). The van der Waals surface area contributed by atoms with Crippen LogP contribution < -0.4 is 0 Å². The molecule has 1 heteroatoms. The van der Waals surface area contributed by atoms with Crippen LogP contribution in [0.25, 0.3) is 6.08 Å². The normalized spacial score (nSPS) is 19.6. The van der Waals surface area contributed by atoms with Gasteiger partial charge in [0.2, 0.25) is 0 Å². The average molecular weight is 190 g/mol. The summed E-state index contributed by atoms with van der Waals surface area (Å²) in [6.45, 7) is 6.74. The maximum atomic E-state index is 5.15. The van der Waals surface area contributed by atoms with Gasteiger partial charge in [-0.05, 0) is 25.3 Å². The van der Waals surface area contributed by atoms with Gasteiger partial charge >= 0.3 is 0 Å². The molecule has 14 heavy (non-hydrogen) atoms. The first-order valence-electron chi connectivity index (χ1n) is 5.12. The van der Waals surface area contributed by atoms with Crippen LogP contribution in [0, 0.1) is 0 Å². The predicted molar refractivity (Wildman–Crippen MR) is 61.2 cm³/mol. The van der Waals surface area contributed by atoms with Crippen molar-refractivity contribution in [2.75, 3.05) is 6.61 Å². The Bertz CT molecular complexity index is 247. The van der Waals surface area contributed by atoms with Crippen molar-refractivity contribution < 1.29 is 4.74 Å². The molecule has 1 fully saturated rings. The first-order valence-corrected chi connectivity index (χ1v) is 5.12.